The van der Waals surface area contributed by atoms with Gasteiger partial charge in [0.1, 0.15) is 0 Å². The molecule has 0 radical (unpaired) electrons. The monoisotopic (exact) mass is 377 g/mol. The number of phenolic OH excluding ortho intramolecular Hbond substituents is 1. The van der Waals surface area contributed by atoms with Crippen LogP contribution in [0.15, 0.2) is 47.5 Å². The molecule has 142 valence electrons. The first-order valence-electron chi connectivity index (χ1n) is 9.05. The fraction of sp³-hybridized carbons (Fsp3) is 0.182. The van der Waals surface area contributed by atoms with Crippen molar-refractivity contribution in [1.82, 2.24) is 9.97 Å². The van der Waals surface area contributed by atoms with Crippen LogP contribution < -0.4 is 11.3 Å². The number of phenols is 1. The minimum Gasteiger partial charge on any atom is -0.504 e. The molecule has 0 fully saturated rings. The molecule has 4 rings (SSSR count). The summed E-state index contributed by atoms with van der Waals surface area (Å²) in [5, 5.41) is 12.2. The molecule has 0 saturated carbocycles. The molecule has 1 unspecified atom stereocenters. The number of hydrogen-bond donors (Lipinski definition) is 3. The number of pyridine rings is 2. The first-order chi connectivity index (χ1) is 13.4. The lowest BCUT2D eigenvalue weighted by molar-refractivity contribution is 0.433. The highest BCUT2D eigenvalue weighted by atomic mass is 19.1. The number of halogens is 1. The predicted octanol–water partition coefficient (Wildman–Crippen LogP) is 3.96. The van der Waals surface area contributed by atoms with E-state index < -0.39 is 11.6 Å². The minimum absolute atomic E-state index is 0.187. The molecule has 28 heavy (non-hydrogen) atoms. The molecule has 2 aromatic carbocycles. The molecule has 5 nitrogen and oxygen atoms in total. The Kier molecular flexibility index (Phi) is 4.35. The van der Waals surface area contributed by atoms with Crippen molar-refractivity contribution in [2.75, 3.05) is 6.54 Å². The van der Waals surface area contributed by atoms with E-state index in [2.05, 4.69) is 9.97 Å². The number of aromatic nitrogens is 2. The van der Waals surface area contributed by atoms with E-state index in [4.69, 9.17) is 5.73 Å². The molecule has 1 atom stereocenters. The van der Waals surface area contributed by atoms with E-state index in [1.807, 2.05) is 31.2 Å². The number of hydrogen-bond acceptors (Lipinski definition) is 4. The van der Waals surface area contributed by atoms with Crippen LogP contribution in [0.2, 0.25) is 0 Å². The molecule has 0 bridgehead atoms. The predicted molar refractivity (Wildman–Crippen MR) is 109 cm³/mol. The van der Waals surface area contributed by atoms with Crippen LogP contribution in [0.25, 0.3) is 32.8 Å². The number of benzene rings is 2. The smallest absolute Gasteiger partial charge is 0.256 e. The van der Waals surface area contributed by atoms with E-state index in [0.29, 0.717) is 39.3 Å². The summed E-state index contributed by atoms with van der Waals surface area (Å²) in [4.78, 5) is 19.4. The first-order valence-corrected chi connectivity index (χ1v) is 9.05. The molecule has 2 heterocycles. The average Bonchev–Trinajstić information content (AvgIpc) is 2.73. The van der Waals surface area contributed by atoms with Crippen molar-refractivity contribution >= 4 is 21.7 Å². The van der Waals surface area contributed by atoms with Crippen molar-refractivity contribution in [1.29, 1.82) is 0 Å². The lowest BCUT2D eigenvalue weighted by Crippen LogP contribution is -2.09. The van der Waals surface area contributed by atoms with Gasteiger partial charge in [0.25, 0.3) is 5.56 Å². The molecule has 4 N–H and O–H groups in total. The number of rotatable bonds is 3. The van der Waals surface area contributed by atoms with Gasteiger partial charge in [-0.15, -0.1) is 0 Å². The summed E-state index contributed by atoms with van der Waals surface area (Å²) >= 11 is 0. The highest BCUT2D eigenvalue weighted by Crippen LogP contribution is 2.42. The number of H-pyrrole nitrogens is 1. The van der Waals surface area contributed by atoms with E-state index >= 15 is 0 Å². The van der Waals surface area contributed by atoms with E-state index in [-0.39, 0.29) is 17.0 Å². The van der Waals surface area contributed by atoms with Gasteiger partial charge >= 0.3 is 0 Å². The molecule has 0 aliphatic rings. The van der Waals surface area contributed by atoms with Gasteiger partial charge in [-0.25, -0.2) is 4.39 Å². The number of aromatic hydroxyl groups is 1. The summed E-state index contributed by atoms with van der Waals surface area (Å²) in [6.45, 7) is 4.08. The van der Waals surface area contributed by atoms with Crippen LogP contribution in [-0.4, -0.2) is 21.6 Å². The molecule has 2 aromatic heterocycles. The maximum atomic E-state index is 14.8. The number of nitrogens with two attached hydrogens (primary N) is 1. The summed E-state index contributed by atoms with van der Waals surface area (Å²) < 4.78 is 14.8. The zero-order valence-corrected chi connectivity index (χ0v) is 15.6. The molecular formula is C22H20FN3O2. The molecule has 4 aromatic rings. The molecule has 0 saturated heterocycles. The number of aryl methyl sites for hydroxylation is 1. The van der Waals surface area contributed by atoms with E-state index in [1.165, 1.54) is 13.1 Å². The second-order valence-corrected chi connectivity index (χ2v) is 7.05. The Bertz CT molecular complexity index is 1260. The Labute approximate surface area is 160 Å². The summed E-state index contributed by atoms with van der Waals surface area (Å²) in [7, 11) is 0. The Hall–Kier alpha value is -3.25. The molecule has 0 aliphatic heterocycles. The highest BCUT2D eigenvalue weighted by Gasteiger charge is 2.21. The van der Waals surface area contributed by atoms with Crippen LogP contribution >= 0.6 is 0 Å². The zero-order valence-electron chi connectivity index (χ0n) is 15.6. The lowest BCUT2D eigenvalue weighted by atomic mass is 9.92. The standard InChI is InChI=1S/C22H20FN3O2/c1-11(9-24)13-3-5-14(6-4-13)17-18-16-10-25-8-7-15(16)22(28)26-20(18)12(2)19(23)21(17)27/h3-8,10-11,27H,9,24H2,1-2H3,(H,26,28). The van der Waals surface area contributed by atoms with Gasteiger partial charge in [-0.2, -0.15) is 0 Å². The molecule has 0 amide bonds. The summed E-state index contributed by atoms with van der Waals surface area (Å²) in [5.74, 6) is -1.00. The van der Waals surface area contributed by atoms with Crippen LogP contribution in [0, 0.1) is 12.7 Å². The SMILES string of the molecule is Cc1c(F)c(O)c(-c2ccc(C(C)CN)cc2)c2c1[nH]c(=O)c1ccncc12. The summed E-state index contributed by atoms with van der Waals surface area (Å²) in [6, 6.07) is 9.11. The number of fused-ring (bicyclic) bond motifs is 3. The van der Waals surface area contributed by atoms with Gasteiger partial charge in [-0.3, -0.25) is 9.78 Å². The van der Waals surface area contributed by atoms with Crippen molar-refractivity contribution in [2.45, 2.75) is 19.8 Å². The van der Waals surface area contributed by atoms with Gasteiger partial charge in [0.05, 0.1) is 10.9 Å². The largest absolute Gasteiger partial charge is 0.504 e. The Morgan fingerprint density at radius 2 is 1.93 bits per heavy atom. The summed E-state index contributed by atoms with van der Waals surface area (Å²) in [6.07, 6.45) is 3.10. The Balaban J connectivity index is 2.13. The van der Waals surface area contributed by atoms with Gasteiger partial charge in [-0.05, 0) is 36.6 Å². The van der Waals surface area contributed by atoms with Gasteiger partial charge < -0.3 is 15.8 Å². The topological polar surface area (TPSA) is 92.0 Å². The van der Waals surface area contributed by atoms with Crippen molar-refractivity contribution in [3.8, 4) is 16.9 Å². The number of aromatic amines is 1. The quantitative estimate of drug-likeness (QED) is 0.471. The maximum Gasteiger partial charge on any atom is 0.256 e. The molecule has 0 aliphatic carbocycles. The van der Waals surface area contributed by atoms with Crippen LogP contribution in [0.4, 0.5) is 4.39 Å². The third-order valence-electron chi connectivity index (χ3n) is 5.34. The van der Waals surface area contributed by atoms with Gasteiger partial charge in [0, 0.05) is 34.3 Å². The fourth-order valence-electron chi connectivity index (χ4n) is 3.62. The van der Waals surface area contributed by atoms with Crippen LogP contribution in [0.3, 0.4) is 0 Å². The summed E-state index contributed by atoms with van der Waals surface area (Å²) in [5.41, 5.74) is 7.99. The lowest BCUT2D eigenvalue weighted by Gasteiger charge is -2.16. The molecule has 6 heteroatoms. The minimum atomic E-state index is -0.749. The zero-order chi connectivity index (χ0) is 20.0. The fourth-order valence-corrected chi connectivity index (χ4v) is 3.62. The first kappa shape index (κ1) is 18.1. The van der Waals surface area contributed by atoms with Gasteiger partial charge in [0.15, 0.2) is 11.6 Å². The third kappa shape index (κ3) is 2.65. The van der Waals surface area contributed by atoms with Gasteiger partial charge in [0.2, 0.25) is 0 Å². The van der Waals surface area contributed by atoms with E-state index in [0.717, 1.165) is 5.56 Å². The highest BCUT2D eigenvalue weighted by molar-refractivity contribution is 6.14. The molecular weight excluding hydrogens is 357 g/mol. The third-order valence-corrected chi connectivity index (χ3v) is 5.34. The Morgan fingerprint density at radius 1 is 1.21 bits per heavy atom. The number of nitrogens with zero attached hydrogens (tertiary/aromatic N) is 1. The average molecular weight is 377 g/mol. The maximum absolute atomic E-state index is 14.8. The normalized spacial score (nSPS) is 12.6. The van der Waals surface area contributed by atoms with Crippen molar-refractivity contribution in [2.24, 2.45) is 5.73 Å². The van der Waals surface area contributed by atoms with Crippen molar-refractivity contribution in [3.63, 3.8) is 0 Å². The van der Waals surface area contributed by atoms with Crippen molar-refractivity contribution < 1.29 is 9.50 Å². The van der Waals surface area contributed by atoms with Crippen LogP contribution in [0.5, 0.6) is 5.75 Å². The second kappa shape index (κ2) is 6.73. The molecule has 0 spiro atoms. The van der Waals surface area contributed by atoms with E-state index in [9.17, 15) is 14.3 Å². The van der Waals surface area contributed by atoms with E-state index in [1.54, 1.807) is 12.3 Å². The van der Waals surface area contributed by atoms with Crippen molar-refractivity contribution in [3.05, 3.63) is 70.0 Å². The second-order valence-electron chi connectivity index (χ2n) is 7.05. The van der Waals surface area contributed by atoms with Gasteiger partial charge in [-0.1, -0.05) is 31.2 Å². The van der Waals surface area contributed by atoms with Crippen LogP contribution in [-0.2, 0) is 0 Å². The Morgan fingerprint density at radius 3 is 2.61 bits per heavy atom. The number of nitrogens with one attached hydrogen (secondary N) is 1. The van der Waals surface area contributed by atoms with Crippen LogP contribution in [0.1, 0.15) is 24.0 Å².